The molecule has 86 valence electrons. The van der Waals surface area contributed by atoms with Crippen molar-refractivity contribution in [3.05, 3.63) is 40.6 Å². The molecular weight excluding hydrogens is 220 g/mol. The molecule has 1 atom stereocenters. The van der Waals surface area contributed by atoms with E-state index in [4.69, 9.17) is 0 Å². The molecule has 2 heterocycles. The maximum Gasteiger partial charge on any atom is 0.137 e. The van der Waals surface area contributed by atoms with Gasteiger partial charge >= 0.3 is 0 Å². The summed E-state index contributed by atoms with van der Waals surface area (Å²) in [6.07, 6.45) is 4.88. The second-order valence-corrected chi connectivity index (χ2v) is 4.81. The molecular formula is C12H16N2OS. The molecule has 0 aliphatic rings. The van der Waals surface area contributed by atoms with Crippen LogP contribution in [0, 0.1) is 0 Å². The molecule has 2 aromatic heterocycles. The fourth-order valence-corrected chi connectivity index (χ4v) is 2.50. The van der Waals surface area contributed by atoms with Crippen LogP contribution in [0.25, 0.3) is 0 Å². The van der Waals surface area contributed by atoms with Gasteiger partial charge in [-0.3, -0.25) is 0 Å². The first-order chi connectivity index (χ1) is 7.81. The Kier molecular flexibility index (Phi) is 3.74. The van der Waals surface area contributed by atoms with E-state index in [-0.39, 0.29) is 0 Å². The summed E-state index contributed by atoms with van der Waals surface area (Å²) in [5, 5.41) is 12.1. The first kappa shape index (κ1) is 11.4. The maximum atomic E-state index is 10.1. The quantitative estimate of drug-likeness (QED) is 0.866. The number of hydrogen-bond acceptors (Lipinski definition) is 3. The van der Waals surface area contributed by atoms with Crippen LogP contribution in [0.3, 0.4) is 0 Å². The van der Waals surface area contributed by atoms with Gasteiger partial charge in [-0.15, -0.1) is 11.3 Å². The van der Waals surface area contributed by atoms with Gasteiger partial charge in [0, 0.05) is 30.2 Å². The Morgan fingerprint density at radius 3 is 3.12 bits per heavy atom. The van der Waals surface area contributed by atoms with Crippen LogP contribution >= 0.6 is 11.3 Å². The molecule has 1 N–H and O–H groups in total. The van der Waals surface area contributed by atoms with Gasteiger partial charge < -0.3 is 9.67 Å². The van der Waals surface area contributed by atoms with Gasteiger partial charge in [-0.05, 0) is 17.9 Å². The number of aryl methyl sites for hydroxylation is 1. The highest BCUT2D eigenvalue weighted by Crippen LogP contribution is 2.20. The van der Waals surface area contributed by atoms with E-state index in [0.29, 0.717) is 6.42 Å². The minimum atomic E-state index is -0.500. The van der Waals surface area contributed by atoms with E-state index in [0.717, 1.165) is 18.8 Å². The normalized spacial score (nSPS) is 12.9. The van der Waals surface area contributed by atoms with Crippen LogP contribution in [0.4, 0.5) is 0 Å². The minimum absolute atomic E-state index is 0.500. The summed E-state index contributed by atoms with van der Waals surface area (Å²) in [7, 11) is 0. The van der Waals surface area contributed by atoms with Gasteiger partial charge in [-0.25, -0.2) is 4.98 Å². The van der Waals surface area contributed by atoms with Crippen molar-refractivity contribution in [1.82, 2.24) is 9.55 Å². The first-order valence-corrected chi connectivity index (χ1v) is 6.40. The monoisotopic (exact) mass is 236 g/mol. The fraction of sp³-hybridized carbons (Fsp3) is 0.417. The average molecular weight is 236 g/mol. The predicted molar refractivity (Wildman–Crippen MR) is 65.5 cm³/mol. The summed E-state index contributed by atoms with van der Waals surface area (Å²) in [6, 6.07) is 4.05. The topological polar surface area (TPSA) is 38.0 Å². The molecule has 0 aromatic carbocycles. The highest BCUT2D eigenvalue weighted by atomic mass is 32.1. The molecule has 0 aliphatic heterocycles. The first-order valence-electron chi connectivity index (χ1n) is 5.52. The Bertz CT molecular complexity index is 422. The van der Waals surface area contributed by atoms with Gasteiger partial charge in [0.05, 0.1) is 0 Å². The highest BCUT2D eigenvalue weighted by Gasteiger charge is 2.14. The molecule has 3 nitrogen and oxygen atoms in total. The van der Waals surface area contributed by atoms with Crippen molar-refractivity contribution >= 4 is 11.3 Å². The largest absolute Gasteiger partial charge is 0.385 e. The van der Waals surface area contributed by atoms with Gasteiger partial charge in [0.1, 0.15) is 11.9 Å². The molecule has 0 saturated heterocycles. The lowest BCUT2D eigenvalue weighted by Gasteiger charge is -2.11. The van der Waals surface area contributed by atoms with Gasteiger partial charge in [0.2, 0.25) is 0 Å². The smallest absolute Gasteiger partial charge is 0.137 e. The van der Waals surface area contributed by atoms with Gasteiger partial charge in [-0.1, -0.05) is 13.0 Å². The van der Waals surface area contributed by atoms with Crippen LogP contribution in [0.5, 0.6) is 0 Å². The Hall–Kier alpha value is -1.13. The lowest BCUT2D eigenvalue weighted by atomic mass is 10.2. The third kappa shape index (κ3) is 2.51. The minimum Gasteiger partial charge on any atom is -0.385 e. The molecule has 2 aromatic rings. The van der Waals surface area contributed by atoms with Crippen molar-refractivity contribution in [3.63, 3.8) is 0 Å². The van der Waals surface area contributed by atoms with Crippen molar-refractivity contribution in [1.29, 1.82) is 0 Å². The molecule has 16 heavy (non-hydrogen) atoms. The van der Waals surface area contributed by atoms with Gasteiger partial charge in [0.25, 0.3) is 0 Å². The molecule has 1 unspecified atom stereocenters. The predicted octanol–water partition coefficient (Wildman–Crippen LogP) is 2.63. The van der Waals surface area contributed by atoms with E-state index >= 15 is 0 Å². The van der Waals surface area contributed by atoms with Crippen LogP contribution in [0.2, 0.25) is 0 Å². The molecule has 0 saturated carbocycles. The molecule has 0 amide bonds. The highest BCUT2D eigenvalue weighted by molar-refractivity contribution is 7.09. The molecule has 2 rings (SSSR count). The number of thiophene rings is 1. The van der Waals surface area contributed by atoms with E-state index in [1.54, 1.807) is 17.5 Å². The Balaban J connectivity index is 2.08. The van der Waals surface area contributed by atoms with Crippen LogP contribution < -0.4 is 0 Å². The average Bonchev–Trinajstić information content (AvgIpc) is 2.89. The Morgan fingerprint density at radius 2 is 2.44 bits per heavy atom. The number of hydrogen-bond donors (Lipinski definition) is 1. The van der Waals surface area contributed by atoms with E-state index in [9.17, 15) is 5.11 Å². The van der Waals surface area contributed by atoms with E-state index in [1.807, 2.05) is 28.3 Å². The van der Waals surface area contributed by atoms with Crippen molar-refractivity contribution < 1.29 is 5.11 Å². The molecule has 0 fully saturated rings. The van der Waals surface area contributed by atoms with E-state index in [1.165, 1.54) is 4.88 Å². The molecule has 0 bridgehead atoms. The van der Waals surface area contributed by atoms with Crippen molar-refractivity contribution in [2.75, 3.05) is 0 Å². The Labute approximate surface area is 99.4 Å². The van der Waals surface area contributed by atoms with Crippen molar-refractivity contribution in [2.24, 2.45) is 0 Å². The van der Waals surface area contributed by atoms with Gasteiger partial charge in [-0.2, -0.15) is 0 Å². The van der Waals surface area contributed by atoms with E-state index in [2.05, 4.69) is 11.9 Å². The summed E-state index contributed by atoms with van der Waals surface area (Å²) in [5.74, 6) is 0.773. The second-order valence-electron chi connectivity index (χ2n) is 3.78. The number of aliphatic hydroxyl groups excluding tert-OH is 1. The standard InChI is InChI=1S/C12H16N2OS/c1-2-6-14-7-5-13-12(14)11(15)9-10-4-3-8-16-10/h3-5,7-8,11,15H,2,6,9H2,1H3. The lowest BCUT2D eigenvalue weighted by molar-refractivity contribution is 0.164. The molecule has 0 radical (unpaired) electrons. The third-order valence-corrected chi connectivity index (χ3v) is 3.38. The van der Waals surface area contributed by atoms with Crippen molar-refractivity contribution in [2.45, 2.75) is 32.4 Å². The number of nitrogens with zero attached hydrogens (tertiary/aromatic N) is 2. The molecule has 0 aliphatic carbocycles. The number of rotatable bonds is 5. The SMILES string of the molecule is CCCn1ccnc1C(O)Cc1cccs1. The van der Waals surface area contributed by atoms with Crippen LogP contribution in [-0.2, 0) is 13.0 Å². The van der Waals surface area contributed by atoms with E-state index < -0.39 is 6.10 Å². The number of aromatic nitrogens is 2. The zero-order valence-corrected chi connectivity index (χ0v) is 10.2. The summed E-state index contributed by atoms with van der Waals surface area (Å²) >= 11 is 1.67. The Morgan fingerprint density at radius 1 is 1.56 bits per heavy atom. The lowest BCUT2D eigenvalue weighted by Crippen LogP contribution is -2.10. The van der Waals surface area contributed by atoms with Crippen molar-refractivity contribution in [3.8, 4) is 0 Å². The van der Waals surface area contributed by atoms with Crippen LogP contribution in [0.15, 0.2) is 29.9 Å². The fourth-order valence-electron chi connectivity index (χ4n) is 1.76. The summed E-state index contributed by atoms with van der Waals surface area (Å²) in [6.45, 7) is 3.03. The summed E-state index contributed by atoms with van der Waals surface area (Å²) < 4.78 is 2.03. The zero-order chi connectivity index (χ0) is 11.4. The zero-order valence-electron chi connectivity index (χ0n) is 9.34. The maximum absolute atomic E-state index is 10.1. The van der Waals surface area contributed by atoms with Gasteiger partial charge in [0.15, 0.2) is 0 Å². The number of imidazole rings is 1. The van der Waals surface area contributed by atoms with Crippen LogP contribution in [0.1, 0.15) is 30.2 Å². The van der Waals surface area contributed by atoms with Crippen LogP contribution in [-0.4, -0.2) is 14.7 Å². The summed E-state index contributed by atoms with van der Waals surface area (Å²) in [5.41, 5.74) is 0. The summed E-state index contributed by atoms with van der Waals surface area (Å²) in [4.78, 5) is 5.43. The molecule has 4 heteroatoms. The number of aliphatic hydroxyl groups is 1. The molecule has 0 spiro atoms. The third-order valence-electron chi connectivity index (χ3n) is 2.48. The second kappa shape index (κ2) is 5.27.